The first kappa shape index (κ1) is 20.8. The van der Waals surface area contributed by atoms with Gasteiger partial charge in [0.1, 0.15) is 22.7 Å². The van der Waals surface area contributed by atoms with Crippen molar-refractivity contribution >= 4 is 17.1 Å². The molecule has 0 heterocycles. The molecule has 0 N–H and O–H groups in total. The van der Waals surface area contributed by atoms with E-state index in [1.807, 2.05) is 30.3 Å². The first-order valence-corrected chi connectivity index (χ1v) is 10.0. The van der Waals surface area contributed by atoms with Crippen LogP contribution in [0.4, 0.5) is 17.1 Å². The van der Waals surface area contributed by atoms with Crippen molar-refractivity contribution in [1.29, 1.82) is 0 Å². The second-order valence-electron chi connectivity index (χ2n) is 9.09. The average molecular weight is 390 g/mol. The molecule has 0 aromatic heterocycles. The standard InChI is InChI=1S/C26H31NO2/c1-25(2,3)28-23-16-12-21(13-17-23)27(20-10-8-7-9-11-20)22-14-18-24(19-15-22)29-26(4,5)6/h7-19H,1-6H3. The topological polar surface area (TPSA) is 21.7 Å². The third-order valence-electron chi connectivity index (χ3n) is 4.05. The summed E-state index contributed by atoms with van der Waals surface area (Å²) in [5, 5.41) is 0. The summed E-state index contributed by atoms with van der Waals surface area (Å²) in [7, 11) is 0. The molecular weight excluding hydrogens is 358 g/mol. The van der Waals surface area contributed by atoms with Gasteiger partial charge in [0.25, 0.3) is 0 Å². The number of nitrogens with zero attached hydrogens (tertiary/aromatic N) is 1. The Labute approximate surface area is 174 Å². The molecule has 3 aromatic carbocycles. The molecule has 3 aromatic rings. The summed E-state index contributed by atoms with van der Waals surface area (Å²) >= 11 is 0. The third kappa shape index (κ3) is 6.02. The molecule has 0 fully saturated rings. The van der Waals surface area contributed by atoms with Gasteiger partial charge in [-0.15, -0.1) is 0 Å². The van der Waals surface area contributed by atoms with Crippen molar-refractivity contribution in [1.82, 2.24) is 0 Å². The normalized spacial score (nSPS) is 11.8. The Kier molecular flexibility index (Phi) is 5.88. The fourth-order valence-electron chi connectivity index (χ4n) is 3.06. The summed E-state index contributed by atoms with van der Waals surface area (Å²) in [5.41, 5.74) is 2.80. The molecule has 0 aliphatic carbocycles. The quantitative estimate of drug-likeness (QED) is 0.450. The highest BCUT2D eigenvalue weighted by Gasteiger charge is 2.16. The van der Waals surface area contributed by atoms with Gasteiger partial charge in [0.15, 0.2) is 0 Å². The van der Waals surface area contributed by atoms with E-state index in [1.165, 1.54) is 0 Å². The Hall–Kier alpha value is -2.94. The molecular formula is C26H31NO2. The zero-order valence-corrected chi connectivity index (χ0v) is 18.3. The van der Waals surface area contributed by atoms with Gasteiger partial charge >= 0.3 is 0 Å². The first-order chi connectivity index (χ1) is 13.6. The molecule has 3 heteroatoms. The van der Waals surface area contributed by atoms with E-state index in [2.05, 4.69) is 95.0 Å². The Bertz CT molecular complexity index is 843. The number of anilines is 3. The lowest BCUT2D eigenvalue weighted by Crippen LogP contribution is -2.23. The van der Waals surface area contributed by atoms with Crippen molar-refractivity contribution in [2.24, 2.45) is 0 Å². The molecule has 0 spiro atoms. The smallest absolute Gasteiger partial charge is 0.120 e. The second kappa shape index (κ2) is 8.20. The van der Waals surface area contributed by atoms with Gasteiger partial charge in [-0.1, -0.05) is 18.2 Å². The minimum Gasteiger partial charge on any atom is -0.488 e. The van der Waals surface area contributed by atoms with Gasteiger partial charge in [-0.2, -0.15) is 0 Å². The van der Waals surface area contributed by atoms with Crippen LogP contribution in [0.5, 0.6) is 11.5 Å². The van der Waals surface area contributed by atoms with E-state index in [0.717, 1.165) is 28.6 Å². The monoisotopic (exact) mass is 389 g/mol. The molecule has 3 rings (SSSR count). The summed E-state index contributed by atoms with van der Waals surface area (Å²) in [6.45, 7) is 12.3. The lowest BCUT2D eigenvalue weighted by molar-refractivity contribution is 0.130. The van der Waals surface area contributed by atoms with Crippen LogP contribution in [0.25, 0.3) is 0 Å². The molecule has 152 valence electrons. The number of hydrogen-bond donors (Lipinski definition) is 0. The van der Waals surface area contributed by atoms with Crippen molar-refractivity contribution in [3.05, 3.63) is 78.9 Å². The molecule has 0 aliphatic rings. The van der Waals surface area contributed by atoms with E-state index in [-0.39, 0.29) is 11.2 Å². The highest BCUT2D eigenvalue weighted by Crippen LogP contribution is 2.36. The molecule has 0 saturated carbocycles. The van der Waals surface area contributed by atoms with Gasteiger partial charge in [-0.25, -0.2) is 0 Å². The number of ether oxygens (including phenoxy) is 2. The largest absolute Gasteiger partial charge is 0.488 e. The number of benzene rings is 3. The Morgan fingerprint density at radius 3 is 1.17 bits per heavy atom. The third-order valence-corrected chi connectivity index (χ3v) is 4.05. The highest BCUT2D eigenvalue weighted by atomic mass is 16.5. The lowest BCUT2D eigenvalue weighted by atomic mass is 10.1. The van der Waals surface area contributed by atoms with Crippen LogP contribution in [0.3, 0.4) is 0 Å². The molecule has 0 atom stereocenters. The maximum absolute atomic E-state index is 5.97. The van der Waals surface area contributed by atoms with E-state index < -0.39 is 0 Å². The average Bonchev–Trinajstić information content (AvgIpc) is 2.63. The molecule has 29 heavy (non-hydrogen) atoms. The van der Waals surface area contributed by atoms with Gasteiger partial charge in [-0.3, -0.25) is 0 Å². The fraction of sp³-hybridized carbons (Fsp3) is 0.308. The van der Waals surface area contributed by atoms with E-state index >= 15 is 0 Å². The number of para-hydroxylation sites is 1. The zero-order valence-electron chi connectivity index (χ0n) is 18.3. The minimum atomic E-state index is -0.219. The van der Waals surface area contributed by atoms with Crippen molar-refractivity contribution in [3.63, 3.8) is 0 Å². The van der Waals surface area contributed by atoms with Crippen LogP contribution >= 0.6 is 0 Å². The highest BCUT2D eigenvalue weighted by molar-refractivity contribution is 5.76. The Balaban J connectivity index is 1.94. The Morgan fingerprint density at radius 1 is 0.483 bits per heavy atom. The van der Waals surface area contributed by atoms with Gasteiger partial charge in [0, 0.05) is 17.1 Å². The second-order valence-corrected chi connectivity index (χ2v) is 9.09. The zero-order chi connectivity index (χ0) is 21.1. The van der Waals surface area contributed by atoms with Crippen molar-refractivity contribution in [3.8, 4) is 11.5 Å². The minimum absolute atomic E-state index is 0.219. The van der Waals surface area contributed by atoms with Gasteiger partial charge in [0.05, 0.1) is 0 Å². The molecule has 0 aliphatic heterocycles. The van der Waals surface area contributed by atoms with Gasteiger partial charge < -0.3 is 14.4 Å². The molecule has 0 radical (unpaired) electrons. The lowest BCUT2D eigenvalue weighted by Gasteiger charge is -2.27. The maximum Gasteiger partial charge on any atom is 0.120 e. The predicted molar refractivity (Wildman–Crippen MR) is 122 cm³/mol. The van der Waals surface area contributed by atoms with Gasteiger partial charge in [-0.05, 0) is 102 Å². The van der Waals surface area contributed by atoms with E-state index in [9.17, 15) is 0 Å². The molecule has 0 saturated heterocycles. The maximum atomic E-state index is 5.97. The van der Waals surface area contributed by atoms with Crippen LogP contribution in [0.15, 0.2) is 78.9 Å². The fourth-order valence-corrected chi connectivity index (χ4v) is 3.06. The first-order valence-electron chi connectivity index (χ1n) is 10.0. The SMILES string of the molecule is CC(C)(C)Oc1ccc(N(c2ccccc2)c2ccc(OC(C)(C)C)cc2)cc1. The number of rotatable bonds is 5. The molecule has 0 bridgehead atoms. The van der Waals surface area contributed by atoms with Crippen molar-refractivity contribution in [2.75, 3.05) is 4.90 Å². The summed E-state index contributed by atoms with van der Waals surface area (Å²) < 4.78 is 11.9. The van der Waals surface area contributed by atoms with Crippen molar-refractivity contribution in [2.45, 2.75) is 52.7 Å². The molecule has 0 unspecified atom stereocenters. The van der Waals surface area contributed by atoms with Crippen LogP contribution in [0.1, 0.15) is 41.5 Å². The van der Waals surface area contributed by atoms with Crippen LogP contribution in [-0.4, -0.2) is 11.2 Å². The van der Waals surface area contributed by atoms with Crippen LogP contribution in [-0.2, 0) is 0 Å². The van der Waals surface area contributed by atoms with Crippen LogP contribution in [0, 0.1) is 0 Å². The molecule has 3 nitrogen and oxygen atoms in total. The summed E-state index contributed by atoms with van der Waals surface area (Å²) in [6.07, 6.45) is 0. The van der Waals surface area contributed by atoms with E-state index in [0.29, 0.717) is 0 Å². The Morgan fingerprint density at radius 2 is 0.828 bits per heavy atom. The summed E-state index contributed by atoms with van der Waals surface area (Å²) in [4.78, 5) is 2.22. The molecule has 0 amide bonds. The number of hydrogen-bond acceptors (Lipinski definition) is 3. The van der Waals surface area contributed by atoms with E-state index in [4.69, 9.17) is 9.47 Å². The van der Waals surface area contributed by atoms with Crippen molar-refractivity contribution < 1.29 is 9.47 Å². The van der Waals surface area contributed by atoms with Crippen LogP contribution in [0.2, 0.25) is 0 Å². The summed E-state index contributed by atoms with van der Waals surface area (Å²) in [6, 6.07) is 26.8. The van der Waals surface area contributed by atoms with Gasteiger partial charge in [0.2, 0.25) is 0 Å². The summed E-state index contributed by atoms with van der Waals surface area (Å²) in [5.74, 6) is 1.73. The van der Waals surface area contributed by atoms with Crippen LogP contribution < -0.4 is 14.4 Å². The predicted octanol–water partition coefficient (Wildman–Crippen LogP) is 7.51. The van der Waals surface area contributed by atoms with E-state index in [1.54, 1.807) is 0 Å².